The number of aryl methyl sites for hydroxylation is 1. The number of aromatic nitrogens is 1. The van der Waals surface area contributed by atoms with Crippen LogP contribution in [0.3, 0.4) is 0 Å². The van der Waals surface area contributed by atoms with Crippen molar-refractivity contribution >= 4 is 5.78 Å². The molecule has 0 aliphatic heterocycles. The number of rotatable bonds is 3. The normalized spacial score (nSPS) is 19.6. The van der Waals surface area contributed by atoms with Gasteiger partial charge in [-0.25, -0.2) is 0 Å². The van der Waals surface area contributed by atoms with Gasteiger partial charge in [0.2, 0.25) is 0 Å². The summed E-state index contributed by atoms with van der Waals surface area (Å²) < 4.78 is 2.31. The number of Topliss-reactive ketones (excluding diaryl/α,β-unsaturated/α-hetero) is 1. The highest BCUT2D eigenvalue weighted by Gasteiger charge is 2.20. The van der Waals surface area contributed by atoms with Crippen LogP contribution in [-0.2, 0) is 13.0 Å². The van der Waals surface area contributed by atoms with E-state index < -0.39 is 0 Å². The quantitative estimate of drug-likeness (QED) is 0.738. The van der Waals surface area contributed by atoms with Crippen LogP contribution in [0.1, 0.15) is 61.0 Å². The second-order valence-corrected chi connectivity index (χ2v) is 5.50. The van der Waals surface area contributed by atoms with E-state index in [0.717, 1.165) is 37.8 Å². The smallest absolute Gasteiger partial charge is 0.164 e. The zero-order chi connectivity index (χ0) is 12.4. The molecule has 1 aromatic heterocycles. The molecule has 0 spiro atoms. The monoisotopic (exact) mass is 243 g/mol. The number of nitrogens with zero attached hydrogens (tertiary/aromatic N) is 1. The molecule has 18 heavy (non-hydrogen) atoms. The lowest BCUT2D eigenvalue weighted by Gasteiger charge is -2.17. The fourth-order valence-electron chi connectivity index (χ4n) is 3.19. The lowest BCUT2D eigenvalue weighted by molar-refractivity contribution is 0.0972. The van der Waals surface area contributed by atoms with E-state index in [-0.39, 0.29) is 0 Å². The van der Waals surface area contributed by atoms with Gasteiger partial charge in [0.15, 0.2) is 5.78 Å². The van der Waals surface area contributed by atoms with Crippen LogP contribution in [-0.4, -0.2) is 10.4 Å². The number of hydrogen-bond acceptors (Lipinski definition) is 1. The molecule has 2 nitrogen and oxygen atoms in total. The molecule has 2 aliphatic rings. The van der Waals surface area contributed by atoms with Crippen molar-refractivity contribution in [2.45, 2.75) is 57.9 Å². The van der Waals surface area contributed by atoms with Crippen molar-refractivity contribution in [3.63, 3.8) is 0 Å². The third-order valence-corrected chi connectivity index (χ3v) is 4.26. The van der Waals surface area contributed by atoms with Gasteiger partial charge in [-0.15, -0.1) is 0 Å². The predicted octanol–water partition coefficient (Wildman–Crippen LogP) is 3.90. The van der Waals surface area contributed by atoms with Gasteiger partial charge in [0.1, 0.15) is 0 Å². The maximum atomic E-state index is 11.8. The number of carbonyl (C=O) groups is 1. The van der Waals surface area contributed by atoms with E-state index in [1.54, 1.807) is 5.57 Å². The highest BCUT2D eigenvalue weighted by molar-refractivity contribution is 5.98. The zero-order valence-electron chi connectivity index (χ0n) is 11.0. The maximum Gasteiger partial charge on any atom is 0.164 e. The van der Waals surface area contributed by atoms with E-state index in [9.17, 15) is 4.79 Å². The molecule has 96 valence electrons. The van der Waals surface area contributed by atoms with Crippen LogP contribution in [0.2, 0.25) is 0 Å². The second kappa shape index (κ2) is 5.13. The van der Waals surface area contributed by atoms with E-state index >= 15 is 0 Å². The van der Waals surface area contributed by atoms with Crippen molar-refractivity contribution in [1.82, 2.24) is 4.57 Å². The SMILES string of the molecule is O=C1CCCc2c1ccn2CCC1=CCCCC1. The zero-order valence-corrected chi connectivity index (χ0v) is 11.0. The summed E-state index contributed by atoms with van der Waals surface area (Å²) in [5, 5.41) is 0. The number of carbonyl (C=O) groups excluding carboxylic acids is 1. The standard InChI is InChI=1S/C16H21NO/c18-16-8-4-7-15-14(16)10-12-17(15)11-9-13-5-2-1-3-6-13/h5,10,12H,1-4,6-9,11H2. The Morgan fingerprint density at radius 3 is 2.89 bits per heavy atom. The summed E-state index contributed by atoms with van der Waals surface area (Å²) in [7, 11) is 0. The lowest BCUT2D eigenvalue weighted by Crippen LogP contribution is -2.13. The molecule has 0 atom stereocenters. The highest BCUT2D eigenvalue weighted by atomic mass is 16.1. The molecule has 2 aliphatic carbocycles. The average Bonchev–Trinajstić information content (AvgIpc) is 2.82. The Hall–Kier alpha value is -1.31. The Morgan fingerprint density at radius 2 is 2.06 bits per heavy atom. The summed E-state index contributed by atoms with van der Waals surface area (Å²) in [4.78, 5) is 11.8. The molecular weight excluding hydrogens is 222 g/mol. The number of allylic oxidation sites excluding steroid dienone is 2. The van der Waals surface area contributed by atoms with E-state index in [1.165, 1.54) is 31.4 Å². The Morgan fingerprint density at radius 1 is 1.11 bits per heavy atom. The minimum Gasteiger partial charge on any atom is -0.350 e. The Labute approximate surface area is 109 Å². The minimum absolute atomic E-state index is 0.340. The topological polar surface area (TPSA) is 22.0 Å². The summed E-state index contributed by atoms with van der Waals surface area (Å²) in [5.41, 5.74) is 3.88. The first kappa shape index (κ1) is 11.8. The van der Waals surface area contributed by atoms with Crippen molar-refractivity contribution in [2.75, 3.05) is 0 Å². The third kappa shape index (κ3) is 2.29. The van der Waals surface area contributed by atoms with Gasteiger partial charge in [-0.1, -0.05) is 11.6 Å². The van der Waals surface area contributed by atoms with Crippen LogP contribution in [0.15, 0.2) is 23.9 Å². The predicted molar refractivity (Wildman–Crippen MR) is 72.9 cm³/mol. The summed E-state index contributed by atoms with van der Waals surface area (Å²) in [5.74, 6) is 0.340. The van der Waals surface area contributed by atoms with E-state index in [4.69, 9.17) is 0 Å². The Bertz CT molecular complexity index is 481. The van der Waals surface area contributed by atoms with E-state index in [1.807, 2.05) is 6.07 Å². The molecule has 0 saturated heterocycles. The first-order valence-electron chi connectivity index (χ1n) is 7.24. The van der Waals surface area contributed by atoms with Gasteiger partial charge in [-0.05, 0) is 51.0 Å². The molecule has 0 bridgehead atoms. The fourth-order valence-corrected chi connectivity index (χ4v) is 3.19. The highest BCUT2D eigenvalue weighted by Crippen LogP contribution is 2.25. The molecule has 0 unspecified atom stereocenters. The molecule has 0 radical (unpaired) electrons. The fraction of sp³-hybridized carbons (Fsp3) is 0.562. The molecule has 0 fully saturated rings. The van der Waals surface area contributed by atoms with Gasteiger partial charge in [0.05, 0.1) is 0 Å². The first-order valence-corrected chi connectivity index (χ1v) is 7.24. The molecule has 1 aromatic rings. The van der Waals surface area contributed by atoms with Crippen LogP contribution in [0.5, 0.6) is 0 Å². The van der Waals surface area contributed by atoms with Crippen molar-refractivity contribution in [3.8, 4) is 0 Å². The van der Waals surface area contributed by atoms with Crippen LogP contribution in [0, 0.1) is 0 Å². The average molecular weight is 243 g/mol. The molecule has 1 heterocycles. The van der Waals surface area contributed by atoms with Gasteiger partial charge in [-0.2, -0.15) is 0 Å². The first-order chi connectivity index (χ1) is 8.84. The Kier molecular flexibility index (Phi) is 3.35. The number of hydrogen-bond donors (Lipinski definition) is 0. The van der Waals surface area contributed by atoms with E-state index in [0.29, 0.717) is 5.78 Å². The Balaban J connectivity index is 1.70. The molecular formula is C16H21NO. The van der Waals surface area contributed by atoms with Gasteiger partial charge in [-0.3, -0.25) is 4.79 Å². The summed E-state index contributed by atoms with van der Waals surface area (Å²) in [6.45, 7) is 1.05. The van der Waals surface area contributed by atoms with Gasteiger partial charge >= 0.3 is 0 Å². The van der Waals surface area contributed by atoms with E-state index in [2.05, 4.69) is 16.8 Å². The summed E-state index contributed by atoms with van der Waals surface area (Å²) in [6, 6.07) is 2.02. The number of ketones is 1. The van der Waals surface area contributed by atoms with Crippen LogP contribution < -0.4 is 0 Å². The number of fused-ring (bicyclic) bond motifs is 1. The summed E-state index contributed by atoms with van der Waals surface area (Å²) in [6.07, 6.45) is 13.8. The summed E-state index contributed by atoms with van der Waals surface area (Å²) >= 11 is 0. The third-order valence-electron chi connectivity index (χ3n) is 4.26. The van der Waals surface area contributed by atoms with Crippen LogP contribution >= 0.6 is 0 Å². The lowest BCUT2D eigenvalue weighted by atomic mass is 9.96. The van der Waals surface area contributed by atoms with Gasteiger partial charge in [0, 0.05) is 30.4 Å². The molecule has 0 saturated carbocycles. The van der Waals surface area contributed by atoms with Crippen molar-refractivity contribution < 1.29 is 4.79 Å². The molecule has 2 heteroatoms. The molecule has 0 amide bonds. The van der Waals surface area contributed by atoms with Crippen molar-refractivity contribution in [2.24, 2.45) is 0 Å². The second-order valence-electron chi connectivity index (χ2n) is 5.50. The maximum absolute atomic E-state index is 11.8. The minimum atomic E-state index is 0.340. The van der Waals surface area contributed by atoms with Crippen LogP contribution in [0.4, 0.5) is 0 Å². The van der Waals surface area contributed by atoms with Gasteiger partial charge in [0.25, 0.3) is 0 Å². The molecule has 0 N–H and O–H groups in total. The van der Waals surface area contributed by atoms with Gasteiger partial charge < -0.3 is 4.57 Å². The van der Waals surface area contributed by atoms with Crippen LogP contribution in [0.25, 0.3) is 0 Å². The van der Waals surface area contributed by atoms with Crippen molar-refractivity contribution in [3.05, 3.63) is 35.2 Å². The molecule has 0 aromatic carbocycles. The molecule has 3 rings (SSSR count). The largest absolute Gasteiger partial charge is 0.350 e. The van der Waals surface area contributed by atoms with Crippen molar-refractivity contribution in [1.29, 1.82) is 0 Å².